The topological polar surface area (TPSA) is 20.3 Å². The second-order valence-electron chi connectivity index (χ2n) is 4.17. The quantitative estimate of drug-likeness (QED) is 0.655. The molecule has 0 saturated heterocycles. The first kappa shape index (κ1) is 10.6. The van der Waals surface area contributed by atoms with E-state index in [0.29, 0.717) is 12.3 Å². The molecule has 0 aromatic heterocycles. The summed E-state index contributed by atoms with van der Waals surface area (Å²) in [4.78, 5) is 13.4. The van der Waals surface area contributed by atoms with Crippen LogP contribution in [0.15, 0.2) is 0 Å². The summed E-state index contributed by atoms with van der Waals surface area (Å²) in [6.07, 6.45) is 7.05. The van der Waals surface area contributed by atoms with Crippen molar-refractivity contribution in [2.45, 2.75) is 45.4 Å². The van der Waals surface area contributed by atoms with E-state index in [1.807, 2.05) is 11.9 Å². The lowest BCUT2D eigenvalue weighted by Gasteiger charge is -2.20. The zero-order chi connectivity index (χ0) is 9.68. The molecule has 2 heteroatoms. The van der Waals surface area contributed by atoms with E-state index in [1.54, 1.807) is 0 Å². The van der Waals surface area contributed by atoms with E-state index in [1.165, 1.54) is 25.7 Å². The van der Waals surface area contributed by atoms with E-state index in [9.17, 15) is 4.79 Å². The summed E-state index contributed by atoms with van der Waals surface area (Å²) < 4.78 is 0. The Bertz CT molecular complexity index is 161. The maximum atomic E-state index is 11.5. The number of carbonyl (C=O) groups excluding carboxylic acids is 1. The average molecular weight is 183 g/mol. The molecule has 1 fully saturated rings. The highest BCUT2D eigenvalue weighted by molar-refractivity contribution is 5.75. The van der Waals surface area contributed by atoms with Crippen molar-refractivity contribution in [3.05, 3.63) is 0 Å². The van der Waals surface area contributed by atoms with Crippen molar-refractivity contribution in [2.24, 2.45) is 5.92 Å². The minimum Gasteiger partial charge on any atom is -0.345 e. The third-order valence-electron chi connectivity index (χ3n) is 2.90. The summed E-state index contributed by atoms with van der Waals surface area (Å²) in [5, 5.41) is 0. The molecule has 0 radical (unpaired) electrons. The van der Waals surface area contributed by atoms with Crippen LogP contribution in [-0.2, 0) is 4.79 Å². The van der Waals surface area contributed by atoms with Crippen LogP contribution < -0.4 is 0 Å². The summed E-state index contributed by atoms with van der Waals surface area (Å²) in [5.41, 5.74) is 0. The summed E-state index contributed by atoms with van der Waals surface area (Å²) in [7, 11) is 1.94. The van der Waals surface area contributed by atoms with Crippen LogP contribution in [0.2, 0.25) is 0 Å². The molecule has 0 atom stereocenters. The SMILES string of the molecule is CCCC(=O)N(C)CC1CCCC1. The molecule has 0 spiro atoms. The second kappa shape index (κ2) is 5.25. The van der Waals surface area contributed by atoms with E-state index >= 15 is 0 Å². The van der Waals surface area contributed by atoms with Gasteiger partial charge in [0.25, 0.3) is 0 Å². The van der Waals surface area contributed by atoms with Crippen LogP contribution in [-0.4, -0.2) is 24.4 Å². The molecular weight excluding hydrogens is 162 g/mol. The smallest absolute Gasteiger partial charge is 0.222 e. The van der Waals surface area contributed by atoms with E-state index in [2.05, 4.69) is 6.92 Å². The largest absolute Gasteiger partial charge is 0.345 e. The Labute approximate surface area is 81.3 Å². The van der Waals surface area contributed by atoms with Crippen molar-refractivity contribution in [1.82, 2.24) is 4.90 Å². The van der Waals surface area contributed by atoms with E-state index in [4.69, 9.17) is 0 Å². The minimum absolute atomic E-state index is 0.314. The van der Waals surface area contributed by atoms with Crippen molar-refractivity contribution < 1.29 is 4.79 Å². The van der Waals surface area contributed by atoms with Gasteiger partial charge in [-0.25, -0.2) is 0 Å². The molecule has 1 amide bonds. The fourth-order valence-electron chi connectivity index (χ4n) is 2.09. The van der Waals surface area contributed by atoms with Crippen molar-refractivity contribution in [2.75, 3.05) is 13.6 Å². The summed E-state index contributed by atoms with van der Waals surface area (Å²) in [5.74, 6) is 1.10. The van der Waals surface area contributed by atoms with Crippen LogP contribution in [0.5, 0.6) is 0 Å². The molecular formula is C11H21NO. The van der Waals surface area contributed by atoms with Gasteiger partial charge in [-0.1, -0.05) is 19.8 Å². The lowest BCUT2D eigenvalue weighted by molar-refractivity contribution is -0.130. The normalized spacial score (nSPS) is 17.7. The molecule has 0 N–H and O–H groups in total. The molecule has 0 aromatic rings. The molecule has 0 heterocycles. The third-order valence-corrected chi connectivity index (χ3v) is 2.90. The molecule has 0 aliphatic heterocycles. The highest BCUT2D eigenvalue weighted by Gasteiger charge is 2.18. The van der Waals surface area contributed by atoms with Gasteiger partial charge in [0.2, 0.25) is 5.91 Å². The molecule has 0 aromatic carbocycles. The molecule has 1 aliphatic carbocycles. The van der Waals surface area contributed by atoms with Gasteiger partial charge in [-0.05, 0) is 25.2 Å². The Morgan fingerprint density at radius 1 is 1.38 bits per heavy atom. The summed E-state index contributed by atoms with van der Waals surface area (Å²) in [6.45, 7) is 3.04. The van der Waals surface area contributed by atoms with Crippen molar-refractivity contribution >= 4 is 5.91 Å². The lowest BCUT2D eigenvalue weighted by Crippen LogP contribution is -2.30. The second-order valence-corrected chi connectivity index (χ2v) is 4.17. The van der Waals surface area contributed by atoms with Crippen LogP contribution >= 0.6 is 0 Å². The standard InChI is InChI=1S/C11H21NO/c1-3-6-11(13)12(2)9-10-7-4-5-8-10/h10H,3-9H2,1-2H3. The van der Waals surface area contributed by atoms with Crippen LogP contribution in [0, 0.1) is 5.92 Å². The minimum atomic E-state index is 0.314. The first-order valence-corrected chi connectivity index (χ1v) is 5.48. The summed E-state index contributed by atoms with van der Waals surface area (Å²) in [6, 6.07) is 0. The van der Waals surface area contributed by atoms with Gasteiger partial charge < -0.3 is 4.90 Å². The van der Waals surface area contributed by atoms with Crippen molar-refractivity contribution in [3.8, 4) is 0 Å². The van der Waals surface area contributed by atoms with Gasteiger partial charge in [-0.3, -0.25) is 4.79 Å². The van der Waals surface area contributed by atoms with E-state index in [-0.39, 0.29) is 0 Å². The Hall–Kier alpha value is -0.530. The number of carbonyl (C=O) groups is 1. The highest BCUT2D eigenvalue weighted by atomic mass is 16.2. The first-order valence-electron chi connectivity index (χ1n) is 5.48. The highest BCUT2D eigenvalue weighted by Crippen LogP contribution is 2.25. The number of rotatable bonds is 4. The Morgan fingerprint density at radius 3 is 2.54 bits per heavy atom. The molecule has 1 rings (SSSR count). The maximum Gasteiger partial charge on any atom is 0.222 e. The molecule has 1 aliphatic rings. The van der Waals surface area contributed by atoms with Crippen molar-refractivity contribution in [1.29, 1.82) is 0 Å². The first-order chi connectivity index (χ1) is 6.24. The molecule has 0 bridgehead atoms. The van der Waals surface area contributed by atoms with Gasteiger partial charge in [-0.2, -0.15) is 0 Å². The molecule has 0 unspecified atom stereocenters. The van der Waals surface area contributed by atoms with Gasteiger partial charge in [-0.15, -0.1) is 0 Å². The summed E-state index contributed by atoms with van der Waals surface area (Å²) >= 11 is 0. The van der Waals surface area contributed by atoms with Gasteiger partial charge in [0.1, 0.15) is 0 Å². The van der Waals surface area contributed by atoms with Crippen LogP contribution in [0.1, 0.15) is 45.4 Å². The van der Waals surface area contributed by atoms with Crippen LogP contribution in [0.25, 0.3) is 0 Å². The molecule has 2 nitrogen and oxygen atoms in total. The van der Waals surface area contributed by atoms with Gasteiger partial charge >= 0.3 is 0 Å². The number of hydrogen-bond acceptors (Lipinski definition) is 1. The fraction of sp³-hybridized carbons (Fsp3) is 0.909. The molecule has 76 valence electrons. The molecule has 1 saturated carbocycles. The number of nitrogens with zero attached hydrogens (tertiary/aromatic N) is 1. The third kappa shape index (κ3) is 3.37. The zero-order valence-electron chi connectivity index (χ0n) is 8.88. The van der Waals surface area contributed by atoms with Crippen LogP contribution in [0.4, 0.5) is 0 Å². The lowest BCUT2D eigenvalue weighted by atomic mass is 10.1. The average Bonchev–Trinajstić information content (AvgIpc) is 2.57. The zero-order valence-corrected chi connectivity index (χ0v) is 8.88. The Balaban J connectivity index is 2.22. The van der Waals surface area contributed by atoms with Gasteiger partial charge in [0, 0.05) is 20.0 Å². The predicted molar refractivity (Wildman–Crippen MR) is 54.5 cm³/mol. The number of amides is 1. The van der Waals surface area contributed by atoms with E-state index in [0.717, 1.165) is 18.9 Å². The van der Waals surface area contributed by atoms with E-state index < -0.39 is 0 Å². The fourth-order valence-corrected chi connectivity index (χ4v) is 2.09. The van der Waals surface area contributed by atoms with Crippen LogP contribution in [0.3, 0.4) is 0 Å². The molecule has 13 heavy (non-hydrogen) atoms. The van der Waals surface area contributed by atoms with Crippen molar-refractivity contribution in [3.63, 3.8) is 0 Å². The number of hydrogen-bond donors (Lipinski definition) is 0. The maximum absolute atomic E-state index is 11.5. The Morgan fingerprint density at radius 2 is 2.00 bits per heavy atom. The van der Waals surface area contributed by atoms with Gasteiger partial charge in [0.05, 0.1) is 0 Å². The predicted octanol–water partition coefficient (Wildman–Crippen LogP) is 2.44. The van der Waals surface area contributed by atoms with Gasteiger partial charge in [0.15, 0.2) is 0 Å². The Kier molecular flexibility index (Phi) is 4.26. The monoisotopic (exact) mass is 183 g/mol.